The van der Waals surface area contributed by atoms with E-state index >= 15 is 0 Å². The molecule has 0 saturated carbocycles. The van der Waals surface area contributed by atoms with E-state index in [1.807, 2.05) is 19.2 Å². The van der Waals surface area contributed by atoms with Crippen molar-refractivity contribution in [2.45, 2.75) is 26.7 Å². The Labute approximate surface area is 97.8 Å². The lowest BCUT2D eigenvalue weighted by molar-refractivity contribution is 0.299. The Morgan fingerprint density at radius 3 is 2.33 bits per heavy atom. The number of benzene rings is 1. The van der Waals surface area contributed by atoms with Gasteiger partial charge in [-0.1, -0.05) is 37.6 Å². The lowest BCUT2D eigenvalue weighted by atomic mass is 9.81. The zero-order valence-corrected chi connectivity index (χ0v) is 10.6. The van der Waals surface area contributed by atoms with Crippen molar-refractivity contribution in [3.8, 4) is 0 Å². The fourth-order valence-electron chi connectivity index (χ4n) is 1.83. The lowest BCUT2D eigenvalue weighted by Crippen LogP contribution is -2.31. The molecule has 0 aromatic heterocycles. The largest absolute Gasteiger partial charge is 0.319 e. The fraction of sp³-hybridized carbons (Fsp3) is 0.538. The summed E-state index contributed by atoms with van der Waals surface area (Å²) in [5.74, 6) is 0. The molecule has 84 valence electrons. The summed E-state index contributed by atoms with van der Waals surface area (Å²) < 4.78 is 0. The minimum Gasteiger partial charge on any atom is -0.319 e. The van der Waals surface area contributed by atoms with Gasteiger partial charge in [-0.05, 0) is 43.0 Å². The first-order chi connectivity index (χ1) is 7.09. The van der Waals surface area contributed by atoms with E-state index in [0.717, 1.165) is 18.0 Å². The molecule has 0 amide bonds. The van der Waals surface area contributed by atoms with Gasteiger partial charge in [-0.25, -0.2) is 0 Å². The molecule has 0 aliphatic carbocycles. The number of rotatable bonds is 5. The Kier molecular flexibility index (Phi) is 4.62. The first-order valence-electron chi connectivity index (χ1n) is 5.49. The SMILES string of the molecule is CCC(C)(CNC)Cc1ccc(Cl)cc1. The van der Waals surface area contributed by atoms with Gasteiger partial charge in [0.1, 0.15) is 0 Å². The van der Waals surface area contributed by atoms with Crippen LogP contribution in [0.3, 0.4) is 0 Å². The molecule has 1 atom stereocenters. The third kappa shape index (κ3) is 3.84. The average Bonchev–Trinajstić information content (AvgIpc) is 2.22. The molecular weight excluding hydrogens is 206 g/mol. The van der Waals surface area contributed by atoms with Crippen molar-refractivity contribution in [2.75, 3.05) is 13.6 Å². The zero-order valence-electron chi connectivity index (χ0n) is 9.81. The van der Waals surface area contributed by atoms with Gasteiger partial charge in [0.25, 0.3) is 0 Å². The standard InChI is InChI=1S/C13H20ClN/c1-4-13(2,10-15-3)9-11-5-7-12(14)8-6-11/h5-8,15H,4,9-10H2,1-3H3. The van der Waals surface area contributed by atoms with E-state index in [9.17, 15) is 0 Å². The Balaban J connectivity index is 2.70. The van der Waals surface area contributed by atoms with Gasteiger partial charge in [-0.2, -0.15) is 0 Å². The van der Waals surface area contributed by atoms with Crippen LogP contribution in [-0.4, -0.2) is 13.6 Å². The highest BCUT2D eigenvalue weighted by Gasteiger charge is 2.21. The van der Waals surface area contributed by atoms with Gasteiger partial charge in [0.2, 0.25) is 0 Å². The van der Waals surface area contributed by atoms with Crippen LogP contribution < -0.4 is 5.32 Å². The topological polar surface area (TPSA) is 12.0 Å². The second-order valence-corrected chi connectivity index (χ2v) is 4.93. The molecule has 0 fully saturated rings. The molecule has 0 bridgehead atoms. The van der Waals surface area contributed by atoms with E-state index in [4.69, 9.17) is 11.6 Å². The number of hydrogen-bond acceptors (Lipinski definition) is 1. The summed E-state index contributed by atoms with van der Waals surface area (Å²) in [5.41, 5.74) is 1.70. The van der Waals surface area contributed by atoms with E-state index in [2.05, 4.69) is 31.3 Å². The van der Waals surface area contributed by atoms with Crippen molar-refractivity contribution >= 4 is 11.6 Å². The monoisotopic (exact) mass is 225 g/mol. The molecule has 0 aliphatic heterocycles. The molecule has 0 radical (unpaired) electrons. The molecule has 1 aromatic rings. The second-order valence-electron chi connectivity index (χ2n) is 4.50. The minimum absolute atomic E-state index is 0.336. The fourth-order valence-corrected chi connectivity index (χ4v) is 1.96. The molecule has 1 rings (SSSR count). The van der Waals surface area contributed by atoms with Crippen LogP contribution in [0.4, 0.5) is 0 Å². The molecule has 0 spiro atoms. The molecule has 1 unspecified atom stereocenters. The minimum atomic E-state index is 0.336. The van der Waals surface area contributed by atoms with E-state index in [0.29, 0.717) is 5.41 Å². The van der Waals surface area contributed by atoms with Gasteiger partial charge in [0.05, 0.1) is 0 Å². The maximum absolute atomic E-state index is 5.87. The maximum Gasteiger partial charge on any atom is 0.0406 e. The van der Waals surface area contributed by atoms with Crippen LogP contribution in [0.5, 0.6) is 0 Å². The molecule has 0 aliphatic rings. The lowest BCUT2D eigenvalue weighted by Gasteiger charge is -2.28. The molecular formula is C13H20ClN. The van der Waals surface area contributed by atoms with Crippen LogP contribution in [0.2, 0.25) is 5.02 Å². The summed E-state index contributed by atoms with van der Waals surface area (Å²) in [5, 5.41) is 4.08. The highest BCUT2D eigenvalue weighted by molar-refractivity contribution is 6.30. The molecule has 0 heterocycles. The summed E-state index contributed by atoms with van der Waals surface area (Å²) in [6.07, 6.45) is 2.28. The Hall–Kier alpha value is -0.530. The van der Waals surface area contributed by atoms with Gasteiger partial charge in [0, 0.05) is 11.6 Å². The van der Waals surface area contributed by atoms with Gasteiger partial charge in [0.15, 0.2) is 0 Å². The molecule has 1 N–H and O–H groups in total. The average molecular weight is 226 g/mol. The van der Waals surface area contributed by atoms with Crippen molar-refractivity contribution < 1.29 is 0 Å². The van der Waals surface area contributed by atoms with Crippen LogP contribution in [0, 0.1) is 5.41 Å². The summed E-state index contributed by atoms with van der Waals surface area (Å²) in [7, 11) is 2.01. The summed E-state index contributed by atoms with van der Waals surface area (Å²) >= 11 is 5.87. The van der Waals surface area contributed by atoms with Gasteiger partial charge >= 0.3 is 0 Å². The van der Waals surface area contributed by atoms with Crippen LogP contribution in [0.15, 0.2) is 24.3 Å². The van der Waals surface area contributed by atoms with Crippen LogP contribution in [0.1, 0.15) is 25.8 Å². The normalized spacial score (nSPS) is 14.9. The Morgan fingerprint density at radius 1 is 1.27 bits per heavy atom. The van der Waals surface area contributed by atoms with E-state index in [1.54, 1.807) is 0 Å². The predicted octanol–water partition coefficient (Wildman–Crippen LogP) is 3.52. The highest BCUT2D eigenvalue weighted by atomic mass is 35.5. The van der Waals surface area contributed by atoms with E-state index < -0.39 is 0 Å². The third-order valence-corrected chi connectivity index (χ3v) is 3.25. The van der Waals surface area contributed by atoms with Crippen LogP contribution in [0.25, 0.3) is 0 Å². The molecule has 0 saturated heterocycles. The Morgan fingerprint density at radius 2 is 1.87 bits per heavy atom. The van der Waals surface area contributed by atoms with Crippen molar-refractivity contribution in [1.82, 2.24) is 5.32 Å². The predicted molar refractivity (Wildman–Crippen MR) is 67.5 cm³/mol. The van der Waals surface area contributed by atoms with E-state index in [-0.39, 0.29) is 0 Å². The Bertz CT molecular complexity index is 294. The number of nitrogens with one attached hydrogen (secondary N) is 1. The molecule has 15 heavy (non-hydrogen) atoms. The van der Waals surface area contributed by atoms with Gasteiger partial charge in [-0.3, -0.25) is 0 Å². The van der Waals surface area contributed by atoms with Crippen molar-refractivity contribution in [3.63, 3.8) is 0 Å². The molecule has 2 heteroatoms. The number of halogens is 1. The van der Waals surface area contributed by atoms with Crippen LogP contribution >= 0.6 is 11.6 Å². The summed E-state index contributed by atoms with van der Waals surface area (Å²) in [6.45, 7) is 5.61. The third-order valence-electron chi connectivity index (χ3n) is 3.00. The van der Waals surface area contributed by atoms with Crippen molar-refractivity contribution in [2.24, 2.45) is 5.41 Å². The second kappa shape index (κ2) is 5.53. The van der Waals surface area contributed by atoms with Gasteiger partial charge < -0.3 is 5.32 Å². The first kappa shape index (κ1) is 12.5. The quantitative estimate of drug-likeness (QED) is 0.809. The number of hydrogen-bond donors (Lipinski definition) is 1. The zero-order chi connectivity index (χ0) is 11.3. The summed E-state index contributed by atoms with van der Waals surface area (Å²) in [6, 6.07) is 8.16. The summed E-state index contributed by atoms with van der Waals surface area (Å²) in [4.78, 5) is 0. The molecule has 1 nitrogen and oxygen atoms in total. The smallest absolute Gasteiger partial charge is 0.0406 e. The molecule has 1 aromatic carbocycles. The van der Waals surface area contributed by atoms with E-state index in [1.165, 1.54) is 12.0 Å². The highest BCUT2D eigenvalue weighted by Crippen LogP contribution is 2.26. The van der Waals surface area contributed by atoms with Crippen molar-refractivity contribution in [1.29, 1.82) is 0 Å². The maximum atomic E-state index is 5.87. The van der Waals surface area contributed by atoms with Crippen LogP contribution in [-0.2, 0) is 6.42 Å². The first-order valence-corrected chi connectivity index (χ1v) is 5.86. The van der Waals surface area contributed by atoms with Gasteiger partial charge in [-0.15, -0.1) is 0 Å². The van der Waals surface area contributed by atoms with Crippen molar-refractivity contribution in [3.05, 3.63) is 34.9 Å².